The zero-order chi connectivity index (χ0) is 18.7. The highest BCUT2D eigenvalue weighted by molar-refractivity contribution is 7.92. The van der Waals surface area contributed by atoms with Crippen molar-refractivity contribution >= 4 is 27.3 Å². The van der Waals surface area contributed by atoms with Gasteiger partial charge in [0, 0.05) is 5.02 Å². The van der Waals surface area contributed by atoms with Gasteiger partial charge in [0.15, 0.2) is 0 Å². The molecule has 0 aliphatic carbocycles. The Morgan fingerprint density at radius 2 is 1.62 bits per heavy atom. The number of hydrogen-bond acceptors (Lipinski definition) is 2. The predicted octanol–water partition coefficient (Wildman–Crippen LogP) is 5.18. The summed E-state index contributed by atoms with van der Waals surface area (Å²) < 4.78 is 41.7. The molecule has 0 amide bonds. The summed E-state index contributed by atoms with van der Waals surface area (Å²) in [5, 5.41) is 0.452. The van der Waals surface area contributed by atoms with Crippen LogP contribution in [0, 0.1) is 12.7 Å². The van der Waals surface area contributed by atoms with Crippen LogP contribution >= 0.6 is 11.6 Å². The fourth-order valence-electron chi connectivity index (χ4n) is 2.55. The van der Waals surface area contributed by atoms with E-state index in [0.717, 1.165) is 0 Å². The topological polar surface area (TPSA) is 37.4 Å². The number of aryl methyl sites for hydroxylation is 1. The fourth-order valence-corrected chi connectivity index (χ4v) is 4.20. The van der Waals surface area contributed by atoms with Gasteiger partial charge in [-0.2, -0.15) is 0 Å². The van der Waals surface area contributed by atoms with Gasteiger partial charge in [-0.05, 0) is 48.4 Å². The molecule has 26 heavy (non-hydrogen) atoms. The first-order chi connectivity index (χ1) is 12.4. The molecule has 0 atom stereocenters. The lowest BCUT2D eigenvalue weighted by Crippen LogP contribution is -2.30. The molecule has 3 rings (SSSR count). The van der Waals surface area contributed by atoms with E-state index in [-0.39, 0.29) is 17.1 Å². The summed E-state index contributed by atoms with van der Waals surface area (Å²) in [4.78, 5) is 0.132. The first-order valence-corrected chi connectivity index (χ1v) is 9.79. The minimum atomic E-state index is -3.89. The Morgan fingerprint density at radius 3 is 2.27 bits per heavy atom. The lowest BCUT2D eigenvalue weighted by molar-refractivity contribution is 0.589. The minimum Gasteiger partial charge on any atom is -0.262 e. The van der Waals surface area contributed by atoms with Crippen molar-refractivity contribution < 1.29 is 12.8 Å². The van der Waals surface area contributed by atoms with Crippen LogP contribution in [-0.4, -0.2) is 8.42 Å². The van der Waals surface area contributed by atoms with Gasteiger partial charge in [-0.15, -0.1) is 0 Å². The summed E-state index contributed by atoms with van der Waals surface area (Å²) in [7, 11) is -3.89. The smallest absolute Gasteiger partial charge is 0.262 e. The maximum absolute atomic E-state index is 14.1. The molecule has 134 valence electrons. The van der Waals surface area contributed by atoms with Crippen molar-refractivity contribution in [1.82, 2.24) is 0 Å². The van der Waals surface area contributed by atoms with Crippen molar-refractivity contribution in [2.75, 3.05) is 4.31 Å². The second kappa shape index (κ2) is 7.48. The third-order valence-corrected chi connectivity index (χ3v) is 6.20. The zero-order valence-electron chi connectivity index (χ0n) is 14.1. The normalized spacial score (nSPS) is 11.3. The molecule has 0 aliphatic rings. The summed E-state index contributed by atoms with van der Waals surface area (Å²) in [6.07, 6.45) is 0. The Bertz CT molecular complexity index is 1020. The largest absolute Gasteiger partial charge is 0.264 e. The molecule has 0 N–H and O–H groups in total. The average Bonchev–Trinajstić information content (AvgIpc) is 2.64. The molecule has 0 aliphatic heterocycles. The van der Waals surface area contributed by atoms with E-state index in [1.165, 1.54) is 22.5 Å². The molecule has 0 radical (unpaired) electrons. The average molecular weight is 390 g/mol. The van der Waals surface area contributed by atoms with Gasteiger partial charge < -0.3 is 0 Å². The molecule has 0 heterocycles. The van der Waals surface area contributed by atoms with Crippen molar-refractivity contribution in [2.45, 2.75) is 18.4 Å². The van der Waals surface area contributed by atoms with E-state index in [0.29, 0.717) is 16.1 Å². The second-order valence-corrected chi connectivity index (χ2v) is 8.12. The standard InChI is InChI=1S/C20H17ClFNO2S/c1-15-11-12-17(13-20(15)22)23(14-16-7-5-6-10-19(16)21)26(24,25)18-8-3-2-4-9-18/h2-13H,14H2,1H3. The zero-order valence-corrected chi connectivity index (χ0v) is 15.6. The van der Waals surface area contributed by atoms with Crippen LogP contribution in [0.4, 0.5) is 10.1 Å². The highest BCUT2D eigenvalue weighted by Gasteiger charge is 2.26. The number of nitrogens with zero attached hydrogens (tertiary/aromatic N) is 1. The molecule has 0 saturated heterocycles. The van der Waals surface area contributed by atoms with Crippen LogP contribution in [0.3, 0.4) is 0 Å². The summed E-state index contributed by atoms with van der Waals surface area (Å²) in [6.45, 7) is 1.63. The van der Waals surface area contributed by atoms with Crippen LogP contribution in [0.15, 0.2) is 77.7 Å². The van der Waals surface area contributed by atoms with Crippen molar-refractivity contribution in [3.05, 3.63) is 94.8 Å². The van der Waals surface area contributed by atoms with E-state index in [2.05, 4.69) is 0 Å². The molecule has 0 saturated carbocycles. The molecule has 0 unspecified atom stereocenters. The van der Waals surface area contributed by atoms with Crippen LogP contribution in [0.5, 0.6) is 0 Å². The number of sulfonamides is 1. The Kier molecular flexibility index (Phi) is 5.30. The fraction of sp³-hybridized carbons (Fsp3) is 0.100. The van der Waals surface area contributed by atoms with E-state index in [1.807, 2.05) is 0 Å². The Labute approximate surface area is 157 Å². The van der Waals surface area contributed by atoms with Gasteiger partial charge in [0.1, 0.15) is 5.82 Å². The monoisotopic (exact) mass is 389 g/mol. The van der Waals surface area contributed by atoms with Crippen LogP contribution in [0.1, 0.15) is 11.1 Å². The number of halogens is 2. The van der Waals surface area contributed by atoms with Crippen LogP contribution in [-0.2, 0) is 16.6 Å². The van der Waals surface area contributed by atoms with Crippen molar-refractivity contribution in [1.29, 1.82) is 0 Å². The summed E-state index contributed by atoms with van der Waals surface area (Å²) >= 11 is 6.21. The Balaban J connectivity index is 2.13. The summed E-state index contributed by atoms with van der Waals surface area (Å²) in [6, 6.07) is 19.4. The highest BCUT2D eigenvalue weighted by atomic mass is 35.5. The van der Waals surface area contributed by atoms with Gasteiger partial charge in [0.25, 0.3) is 10.0 Å². The first-order valence-electron chi connectivity index (χ1n) is 7.97. The molecular formula is C20H17ClFNO2S. The Morgan fingerprint density at radius 1 is 0.962 bits per heavy atom. The van der Waals surface area contributed by atoms with E-state index < -0.39 is 15.8 Å². The molecule has 6 heteroatoms. The molecule has 3 aromatic carbocycles. The first kappa shape index (κ1) is 18.4. The number of hydrogen-bond donors (Lipinski definition) is 0. The third-order valence-electron chi connectivity index (χ3n) is 4.05. The molecule has 3 nitrogen and oxygen atoms in total. The number of anilines is 1. The molecule has 0 aromatic heterocycles. The van der Waals surface area contributed by atoms with Gasteiger partial charge in [-0.3, -0.25) is 4.31 Å². The molecule has 0 fully saturated rings. The highest BCUT2D eigenvalue weighted by Crippen LogP contribution is 2.29. The van der Waals surface area contributed by atoms with Crippen LogP contribution in [0.25, 0.3) is 0 Å². The maximum atomic E-state index is 14.1. The van der Waals surface area contributed by atoms with Crippen LogP contribution < -0.4 is 4.31 Å². The Hall–Kier alpha value is -2.37. The molecular weight excluding hydrogens is 373 g/mol. The van der Waals surface area contributed by atoms with E-state index in [9.17, 15) is 12.8 Å². The SMILES string of the molecule is Cc1ccc(N(Cc2ccccc2Cl)S(=O)(=O)c2ccccc2)cc1F. The van der Waals surface area contributed by atoms with E-state index >= 15 is 0 Å². The summed E-state index contributed by atoms with van der Waals surface area (Å²) in [5.41, 5.74) is 1.33. The predicted molar refractivity (Wildman–Crippen MR) is 102 cm³/mol. The third kappa shape index (κ3) is 3.74. The minimum absolute atomic E-state index is 0.000593. The lowest BCUT2D eigenvalue weighted by atomic mass is 10.2. The van der Waals surface area contributed by atoms with Gasteiger partial charge in [0.2, 0.25) is 0 Å². The molecule has 0 bridgehead atoms. The number of benzene rings is 3. The lowest BCUT2D eigenvalue weighted by Gasteiger charge is -2.25. The van der Waals surface area contributed by atoms with Gasteiger partial charge in [-0.1, -0.05) is 54.1 Å². The van der Waals surface area contributed by atoms with E-state index in [1.54, 1.807) is 61.5 Å². The van der Waals surface area contributed by atoms with E-state index in [4.69, 9.17) is 11.6 Å². The second-order valence-electron chi connectivity index (χ2n) is 5.85. The van der Waals surface area contributed by atoms with Crippen molar-refractivity contribution in [3.63, 3.8) is 0 Å². The summed E-state index contributed by atoms with van der Waals surface area (Å²) in [5.74, 6) is -0.463. The van der Waals surface area contributed by atoms with Gasteiger partial charge in [0.05, 0.1) is 17.1 Å². The molecule has 3 aromatic rings. The number of rotatable bonds is 5. The maximum Gasteiger partial charge on any atom is 0.264 e. The quantitative estimate of drug-likeness (QED) is 0.602. The van der Waals surface area contributed by atoms with Crippen LogP contribution in [0.2, 0.25) is 5.02 Å². The van der Waals surface area contributed by atoms with Crippen molar-refractivity contribution in [2.24, 2.45) is 0 Å². The van der Waals surface area contributed by atoms with Gasteiger partial charge in [-0.25, -0.2) is 12.8 Å². The molecule has 0 spiro atoms. The van der Waals surface area contributed by atoms with Crippen molar-refractivity contribution in [3.8, 4) is 0 Å². The van der Waals surface area contributed by atoms with Gasteiger partial charge >= 0.3 is 0 Å².